The van der Waals surface area contributed by atoms with Crippen LogP contribution in [0.5, 0.6) is 0 Å². The fourth-order valence-electron chi connectivity index (χ4n) is 3.19. The first-order chi connectivity index (χ1) is 13.0. The van der Waals surface area contributed by atoms with Gasteiger partial charge < -0.3 is 20.4 Å². The summed E-state index contributed by atoms with van der Waals surface area (Å²) in [5.74, 6) is -0.659. The van der Waals surface area contributed by atoms with Crippen LogP contribution in [0.3, 0.4) is 0 Å². The zero-order valence-electron chi connectivity index (χ0n) is 15.9. The molecule has 0 aromatic heterocycles. The molecule has 2 rings (SSSR count). The lowest BCUT2D eigenvalue weighted by Gasteiger charge is -2.23. The quantitative estimate of drug-likeness (QED) is 0.609. The van der Waals surface area contributed by atoms with Gasteiger partial charge in [0.05, 0.1) is 5.56 Å². The molecule has 1 aliphatic heterocycles. The number of hydrogen-bond donors (Lipinski definition) is 2. The molecule has 0 aliphatic carbocycles. The third-order valence-corrected chi connectivity index (χ3v) is 5.16. The van der Waals surface area contributed by atoms with Crippen LogP contribution in [0.4, 0.5) is 11.4 Å². The van der Waals surface area contributed by atoms with E-state index in [-0.39, 0.29) is 5.91 Å². The van der Waals surface area contributed by atoms with Gasteiger partial charge in [-0.3, -0.25) is 9.59 Å². The van der Waals surface area contributed by atoms with Crippen LogP contribution in [0.15, 0.2) is 18.2 Å². The average molecular weight is 415 g/mol. The van der Waals surface area contributed by atoms with Crippen LogP contribution in [0.2, 0.25) is 0 Å². The number of halogens is 2. The zero-order chi connectivity index (χ0) is 19.8. The molecule has 1 aromatic rings. The predicted octanol–water partition coefficient (Wildman–Crippen LogP) is 3.10. The molecule has 1 saturated heterocycles. The van der Waals surface area contributed by atoms with E-state index in [0.29, 0.717) is 17.8 Å². The lowest BCUT2D eigenvalue weighted by molar-refractivity contribution is -0.114. The minimum absolute atomic E-state index is 0.145. The molecule has 0 atom stereocenters. The van der Waals surface area contributed by atoms with Gasteiger partial charge in [-0.2, -0.15) is 0 Å². The highest BCUT2D eigenvalue weighted by atomic mass is 35.5. The van der Waals surface area contributed by atoms with Crippen molar-refractivity contribution in [1.29, 1.82) is 0 Å². The second-order valence-electron chi connectivity index (χ2n) is 6.50. The van der Waals surface area contributed by atoms with E-state index in [1.165, 1.54) is 0 Å². The lowest BCUT2D eigenvalue weighted by Crippen LogP contribution is -2.35. The number of anilines is 2. The Kier molecular flexibility index (Phi) is 8.67. The Morgan fingerprint density at radius 2 is 1.85 bits per heavy atom. The molecule has 1 heterocycles. The van der Waals surface area contributed by atoms with Crippen molar-refractivity contribution >= 4 is 46.4 Å². The number of nitrogens with one attached hydrogen (secondary N) is 2. The maximum absolute atomic E-state index is 12.8. The van der Waals surface area contributed by atoms with Gasteiger partial charge in [0.25, 0.3) is 11.8 Å². The first-order valence-electron chi connectivity index (χ1n) is 9.44. The van der Waals surface area contributed by atoms with E-state index in [0.717, 1.165) is 51.3 Å². The summed E-state index contributed by atoms with van der Waals surface area (Å²) >= 11 is 11.2. The first-order valence-corrected chi connectivity index (χ1v) is 10.3. The predicted molar refractivity (Wildman–Crippen MR) is 112 cm³/mol. The fourth-order valence-corrected chi connectivity index (χ4v) is 3.30. The third kappa shape index (κ3) is 6.26. The second kappa shape index (κ2) is 10.7. The van der Waals surface area contributed by atoms with Gasteiger partial charge in [0.15, 0.2) is 4.84 Å². The number of hydrogen-bond acceptors (Lipinski definition) is 4. The van der Waals surface area contributed by atoms with Gasteiger partial charge in [0.2, 0.25) is 0 Å². The summed E-state index contributed by atoms with van der Waals surface area (Å²) < 4.78 is 0. The smallest absolute Gasteiger partial charge is 0.257 e. The van der Waals surface area contributed by atoms with Gasteiger partial charge in [-0.15, -0.1) is 0 Å². The van der Waals surface area contributed by atoms with Crippen LogP contribution in [-0.4, -0.2) is 60.8 Å². The van der Waals surface area contributed by atoms with E-state index in [9.17, 15) is 9.59 Å². The Hall–Kier alpha value is -1.50. The van der Waals surface area contributed by atoms with Crippen molar-refractivity contribution in [3.05, 3.63) is 23.8 Å². The molecule has 2 amide bonds. The summed E-state index contributed by atoms with van der Waals surface area (Å²) in [6.07, 6.45) is 2.23. The number of carbonyl (C=O) groups excluding carboxylic acids is 2. The van der Waals surface area contributed by atoms with Crippen LogP contribution < -0.4 is 15.5 Å². The zero-order valence-corrected chi connectivity index (χ0v) is 17.4. The number of nitrogens with zero attached hydrogens (tertiary/aromatic N) is 2. The summed E-state index contributed by atoms with van der Waals surface area (Å²) in [6, 6.07) is 5.33. The van der Waals surface area contributed by atoms with Crippen LogP contribution >= 0.6 is 23.2 Å². The Balaban J connectivity index is 2.15. The molecule has 0 saturated carbocycles. The molecule has 27 heavy (non-hydrogen) atoms. The third-order valence-electron chi connectivity index (χ3n) is 4.76. The van der Waals surface area contributed by atoms with Gasteiger partial charge in [-0.25, -0.2) is 0 Å². The van der Waals surface area contributed by atoms with E-state index in [2.05, 4.69) is 34.3 Å². The van der Waals surface area contributed by atoms with E-state index in [1.54, 1.807) is 12.1 Å². The average Bonchev–Trinajstić information content (AvgIpc) is 3.19. The SMILES string of the molecule is CCN(CC)CCNC(=O)c1cc(NC(=O)C(Cl)Cl)ccc1N1CCCC1. The maximum atomic E-state index is 12.8. The molecule has 8 heteroatoms. The molecule has 1 fully saturated rings. The lowest BCUT2D eigenvalue weighted by atomic mass is 10.1. The maximum Gasteiger partial charge on any atom is 0.257 e. The highest BCUT2D eigenvalue weighted by molar-refractivity contribution is 6.54. The van der Waals surface area contributed by atoms with Crippen LogP contribution in [-0.2, 0) is 4.79 Å². The molecule has 1 aromatic carbocycles. The molecular formula is C19H28Cl2N4O2. The van der Waals surface area contributed by atoms with Crippen LogP contribution in [0.1, 0.15) is 37.0 Å². The van der Waals surface area contributed by atoms with Crippen molar-refractivity contribution in [1.82, 2.24) is 10.2 Å². The standard InChI is InChI=1S/C19H28Cl2N4O2/c1-3-24(4-2)12-9-22-18(26)15-13-14(23-19(27)17(20)21)7-8-16(15)25-10-5-6-11-25/h7-8,13,17H,3-6,9-12H2,1-2H3,(H,22,26)(H,23,27). The molecule has 150 valence electrons. The van der Waals surface area contributed by atoms with Crippen LogP contribution in [0, 0.1) is 0 Å². The summed E-state index contributed by atoms with van der Waals surface area (Å²) in [5.41, 5.74) is 1.94. The minimum atomic E-state index is -1.16. The molecule has 0 unspecified atom stereocenters. The second-order valence-corrected chi connectivity index (χ2v) is 7.60. The summed E-state index contributed by atoms with van der Waals surface area (Å²) in [5, 5.41) is 5.63. The number of likely N-dealkylation sites (N-methyl/N-ethyl adjacent to an activating group) is 1. The Morgan fingerprint density at radius 1 is 1.19 bits per heavy atom. The van der Waals surface area contributed by atoms with E-state index >= 15 is 0 Å². The van der Waals surface area contributed by atoms with Crippen LogP contribution in [0.25, 0.3) is 0 Å². The topological polar surface area (TPSA) is 64.7 Å². The minimum Gasteiger partial charge on any atom is -0.371 e. The van der Waals surface area contributed by atoms with E-state index in [1.807, 2.05) is 6.07 Å². The number of benzene rings is 1. The number of alkyl halides is 2. The first kappa shape index (κ1) is 21.8. The molecule has 1 aliphatic rings. The van der Waals surface area contributed by atoms with Crippen molar-refractivity contribution in [3.8, 4) is 0 Å². The molecule has 0 radical (unpaired) electrons. The highest BCUT2D eigenvalue weighted by Gasteiger charge is 2.21. The fraction of sp³-hybridized carbons (Fsp3) is 0.579. The van der Waals surface area contributed by atoms with Crippen molar-refractivity contribution in [2.75, 3.05) is 49.5 Å². The molecule has 2 N–H and O–H groups in total. The molecule has 6 nitrogen and oxygen atoms in total. The van der Waals surface area contributed by atoms with Crippen molar-refractivity contribution in [2.45, 2.75) is 31.5 Å². The van der Waals surface area contributed by atoms with Gasteiger partial charge in [-0.05, 0) is 44.1 Å². The van der Waals surface area contributed by atoms with Gasteiger partial charge in [0.1, 0.15) is 0 Å². The van der Waals surface area contributed by atoms with Gasteiger partial charge in [0, 0.05) is 37.6 Å². The van der Waals surface area contributed by atoms with Crippen molar-refractivity contribution < 1.29 is 9.59 Å². The van der Waals surface area contributed by atoms with Crippen molar-refractivity contribution in [2.24, 2.45) is 0 Å². The Bertz CT molecular complexity index is 645. The molecule has 0 bridgehead atoms. The van der Waals surface area contributed by atoms with E-state index < -0.39 is 10.7 Å². The largest absolute Gasteiger partial charge is 0.371 e. The Labute approximate surface area is 171 Å². The monoisotopic (exact) mass is 414 g/mol. The number of rotatable bonds is 9. The molecule has 0 spiro atoms. The summed E-state index contributed by atoms with van der Waals surface area (Å²) in [4.78, 5) is 27.9. The normalized spacial score (nSPS) is 14.1. The summed E-state index contributed by atoms with van der Waals surface area (Å²) in [6.45, 7) is 9.33. The Morgan fingerprint density at radius 3 is 2.44 bits per heavy atom. The summed E-state index contributed by atoms with van der Waals surface area (Å²) in [7, 11) is 0. The highest BCUT2D eigenvalue weighted by Crippen LogP contribution is 2.28. The number of amides is 2. The molecular weight excluding hydrogens is 387 g/mol. The van der Waals surface area contributed by atoms with Gasteiger partial charge in [-0.1, -0.05) is 37.0 Å². The van der Waals surface area contributed by atoms with Crippen molar-refractivity contribution in [3.63, 3.8) is 0 Å². The van der Waals surface area contributed by atoms with Gasteiger partial charge >= 0.3 is 0 Å². The van der Waals surface area contributed by atoms with E-state index in [4.69, 9.17) is 23.2 Å². The number of carbonyl (C=O) groups is 2.